The van der Waals surface area contributed by atoms with Crippen molar-refractivity contribution in [1.82, 2.24) is 15.5 Å². The molecule has 0 aliphatic carbocycles. The van der Waals surface area contributed by atoms with Gasteiger partial charge in [-0.3, -0.25) is 14.9 Å². The molecule has 2 amide bonds. The Hall–Kier alpha value is -0.950. The summed E-state index contributed by atoms with van der Waals surface area (Å²) in [5.74, 6) is 1.01. The summed E-state index contributed by atoms with van der Waals surface area (Å²) in [7, 11) is 0. The zero-order valence-corrected chi connectivity index (χ0v) is 20.2. The highest BCUT2D eigenvalue weighted by Gasteiger charge is 2.44. The summed E-state index contributed by atoms with van der Waals surface area (Å²) < 4.78 is 0. The van der Waals surface area contributed by atoms with Crippen LogP contribution in [0.25, 0.3) is 0 Å². The number of nitrogens with zero attached hydrogens (tertiary/aromatic N) is 1. The fourth-order valence-electron chi connectivity index (χ4n) is 3.92. The van der Waals surface area contributed by atoms with Crippen molar-refractivity contribution in [2.24, 2.45) is 5.41 Å². The van der Waals surface area contributed by atoms with E-state index in [1.54, 1.807) is 6.07 Å². The van der Waals surface area contributed by atoms with Crippen LogP contribution in [-0.4, -0.2) is 53.0 Å². The van der Waals surface area contributed by atoms with E-state index in [2.05, 4.69) is 31.4 Å². The number of carbonyl (C=O) groups is 2. The monoisotopic (exact) mass is 471 g/mol. The van der Waals surface area contributed by atoms with Gasteiger partial charge in [-0.05, 0) is 42.4 Å². The Morgan fingerprint density at radius 1 is 1.27 bits per heavy atom. The van der Waals surface area contributed by atoms with Gasteiger partial charge in [-0.1, -0.05) is 50.0 Å². The van der Waals surface area contributed by atoms with Gasteiger partial charge in [0.05, 0.1) is 10.9 Å². The number of rotatable bonds is 5. The molecule has 30 heavy (non-hydrogen) atoms. The fourth-order valence-corrected chi connectivity index (χ4v) is 5.84. The highest BCUT2D eigenvalue weighted by Crippen LogP contribution is 2.39. The molecule has 166 valence electrons. The van der Waals surface area contributed by atoms with Gasteiger partial charge in [-0.25, -0.2) is 0 Å². The van der Waals surface area contributed by atoms with Crippen LogP contribution in [0.2, 0.25) is 10.0 Å². The van der Waals surface area contributed by atoms with Gasteiger partial charge in [-0.15, -0.1) is 11.8 Å². The second-order valence-corrected chi connectivity index (χ2v) is 11.6. The lowest BCUT2D eigenvalue weighted by molar-refractivity contribution is -0.134. The van der Waals surface area contributed by atoms with Crippen LogP contribution in [0.3, 0.4) is 0 Å². The quantitative estimate of drug-likeness (QED) is 0.677. The number of hydrogen-bond acceptors (Lipinski definition) is 4. The van der Waals surface area contributed by atoms with Crippen LogP contribution in [0.4, 0.5) is 0 Å². The SMILES string of the molecule is CC(C)(C)CC(=O)N1CCC2(CC1)NC(C(=O)NCCc1ccc(Cl)cc1Cl)CS2. The average Bonchev–Trinajstić information content (AvgIpc) is 3.06. The lowest BCUT2D eigenvalue weighted by atomic mass is 9.91. The van der Waals surface area contributed by atoms with Crippen molar-refractivity contribution in [3.8, 4) is 0 Å². The second-order valence-electron chi connectivity index (χ2n) is 9.40. The van der Waals surface area contributed by atoms with Gasteiger partial charge in [0.25, 0.3) is 0 Å². The van der Waals surface area contributed by atoms with E-state index in [0.717, 1.165) is 37.2 Å². The molecule has 8 heteroatoms. The van der Waals surface area contributed by atoms with E-state index in [4.69, 9.17) is 23.2 Å². The number of hydrogen-bond donors (Lipinski definition) is 2. The summed E-state index contributed by atoms with van der Waals surface area (Å²) >= 11 is 13.9. The maximum atomic E-state index is 12.6. The first kappa shape index (κ1) is 23.7. The van der Waals surface area contributed by atoms with Crippen molar-refractivity contribution in [3.63, 3.8) is 0 Å². The highest BCUT2D eigenvalue weighted by molar-refractivity contribution is 8.01. The van der Waals surface area contributed by atoms with Crippen molar-refractivity contribution in [2.75, 3.05) is 25.4 Å². The lowest BCUT2D eigenvalue weighted by Gasteiger charge is -2.40. The van der Waals surface area contributed by atoms with Crippen LogP contribution < -0.4 is 10.6 Å². The van der Waals surface area contributed by atoms with Crippen LogP contribution in [0, 0.1) is 5.41 Å². The summed E-state index contributed by atoms with van der Waals surface area (Å²) in [5, 5.41) is 7.80. The van der Waals surface area contributed by atoms with E-state index in [0.29, 0.717) is 29.4 Å². The third-order valence-electron chi connectivity index (χ3n) is 5.59. The molecule has 5 nitrogen and oxygen atoms in total. The van der Waals surface area contributed by atoms with Gasteiger partial charge >= 0.3 is 0 Å². The summed E-state index contributed by atoms with van der Waals surface area (Å²) in [5.41, 5.74) is 0.977. The van der Waals surface area contributed by atoms with Gasteiger partial charge < -0.3 is 10.2 Å². The molecular weight excluding hydrogens is 441 g/mol. The number of likely N-dealkylation sites (tertiary alicyclic amines) is 1. The molecule has 3 rings (SSSR count). The van der Waals surface area contributed by atoms with Crippen LogP contribution in [0.5, 0.6) is 0 Å². The van der Waals surface area contributed by atoms with Crippen LogP contribution in [0.1, 0.15) is 45.6 Å². The number of thioether (sulfide) groups is 1. The lowest BCUT2D eigenvalue weighted by Crippen LogP contribution is -2.54. The molecule has 0 radical (unpaired) electrons. The minimum atomic E-state index is -0.201. The number of nitrogens with one attached hydrogen (secondary N) is 2. The Morgan fingerprint density at radius 3 is 2.60 bits per heavy atom. The van der Waals surface area contributed by atoms with Gasteiger partial charge in [0.2, 0.25) is 11.8 Å². The Balaban J connectivity index is 1.43. The zero-order chi connectivity index (χ0) is 21.9. The highest BCUT2D eigenvalue weighted by atomic mass is 35.5. The molecule has 1 unspecified atom stereocenters. The largest absolute Gasteiger partial charge is 0.354 e. The van der Waals surface area contributed by atoms with Crippen LogP contribution in [-0.2, 0) is 16.0 Å². The van der Waals surface area contributed by atoms with Crippen molar-refractivity contribution in [2.45, 2.75) is 57.4 Å². The number of halogens is 2. The predicted octanol–water partition coefficient (Wildman–Crippen LogP) is 4.11. The maximum Gasteiger partial charge on any atom is 0.238 e. The molecule has 1 atom stereocenters. The minimum Gasteiger partial charge on any atom is -0.354 e. The molecule has 2 heterocycles. The second kappa shape index (κ2) is 9.68. The van der Waals surface area contributed by atoms with Gasteiger partial charge in [0, 0.05) is 41.9 Å². The molecule has 1 aromatic carbocycles. The van der Waals surface area contributed by atoms with Crippen molar-refractivity contribution in [1.29, 1.82) is 0 Å². The minimum absolute atomic E-state index is 0.00595. The predicted molar refractivity (Wildman–Crippen MR) is 125 cm³/mol. The number of benzene rings is 1. The number of piperidine rings is 1. The molecule has 1 aromatic rings. The van der Waals surface area contributed by atoms with E-state index in [9.17, 15) is 9.59 Å². The fraction of sp³-hybridized carbons (Fsp3) is 0.636. The first-order valence-electron chi connectivity index (χ1n) is 10.5. The Labute approximate surface area is 193 Å². The number of carbonyl (C=O) groups excluding carboxylic acids is 2. The summed E-state index contributed by atoms with van der Waals surface area (Å²) in [6.07, 6.45) is 2.98. The first-order chi connectivity index (χ1) is 14.1. The zero-order valence-electron chi connectivity index (χ0n) is 17.9. The van der Waals surface area contributed by atoms with E-state index in [1.807, 2.05) is 28.8 Å². The van der Waals surface area contributed by atoms with Crippen molar-refractivity contribution < 1.29 is 9.59 Å². The normalized spacial score (nSPS) is 21.1. The third kappa shape index (κ3) is 6.28. The molecule has 2 fully saturated rings. The standard InChI is InChI=1S/C22H31Cl2N3O2S/c1-21(2,3)13-19(28)27-10-7-22(8-11-27)26-18(14-30-22)20(29)25-9-6-15-4-5-16(23)12-17(15)24/h4-5,12,18,26H,6-11,13-14H2,1-3H3,(H,25,29). The summed E-state index contributed by atoms with van der Waals surface area (Å²) in [6.45, 7) is 8.31. The first-order valence-corrected chi connectivity index (χ1v) is 12.2. The molecule has 2 N–H and O–H groups in total. The Bertz CT molecular complexity index is 789. The molecule has 0 bridgehead atoms. The molecule has 0 aromatic heterocycles. The van der Waals surface area contributed by atoms with E-state index in [1.165, 1.54) is 0 Å². The Morgan fingerprint density at radius 2 is 1.97 bits per heavy atom. The number of amides is 2. The molecule has 1 spiro atoms. The topological polar surface area (TPSA) is 61.4 Å². The van der Waals surface area contributed by atoms with Crippen LogP contribution >= 0.6 is 35.0 Å². The van der Waals surface area contributed by atoms with Gasteiger partial charge in [0.15, 0.2) is 0 Å². The third-order valence-corrected chi connectivity index (χ3v) is 7.76. The molecule has 2 saturated heterocycles. The van der Waals surface area contributed by atoms with E-state index < -0.39 is 0 Å². The Kier molecular flexibility index (Phi) is 7.65. The van der Waals surface area contributed by atoms with E-state index >= 15 is 0 Å². The molecular formula is C22H31Cl2N3O2S. The molecule has 2 aliphatic heterocycles. The average molecular weight is 472 g/mol. The summed E-state index contributed by atoms with van der Waals surface area (Å²) in [4.78, 5) is 27.0. The summed E-state index contributed by atoms with van der Waals surface area (Å²) in [6, 6.07) is 5.22. The van der Waals surface area contributed by atoms with Crippen molar-refractivity contribution in [3.05, 3.63) is 33.8 Å². The van der Waals surface area contributed by atoms with Gasteiger partial charge in [0.1, 0.15) is 0 Å². The van der Waals surface area contributed by atoms with Crippen molar-refractivity contribution >= 4 is 46.8 Å². The maximum absolute atomic E-state index is 12.6. The molecule has 2 aliphatic rings. The smallest absolute Gasteiger partial charge is 0.238 e. The van der Waals surface area contributed by atoms with Gasteiger partial charge in [-0.2, -0.15) is 0 Å². The van der Waals surface area contributed by atoms with Crippen LogP contribution in [0.15, 0.2) is 18.2 Å². The molecule has 0 saturated carbocycles. The van der Waals surface area contributed by atoms with E-state index in [-0.39, 0.29) is 28.1 Å².